The molecule has 0 heterocycles. The molecule has 2 nitrogen and oxygen atoms in total. The molecule has 16 heavy (non-hydrogen) atoms. The normalized spacial score (nSPS) is 10.1. The molecule has 82 valence electrons. The van der Waals surface area contributed by atoms with E-state index in [1.807, 2.05) is 48.5 Å². The Morgan fingerprint density at radius 2 is 1.75 bits per heavy atom. The second-order valence-electron chi connectivity index (χ2n) is 3.55. The summed E-state index contributed by atoms with van der Waals surface area (Å²) in [6.45, 7) is -0.00174. The Morgan fingerprint density at radius 3 is 2.38 bits per heavy atom. The first-order valence-electron chi connectivity index (χ1n) is 5.18. The van der Waals surface area contributed by atoms with Crippen LogP contribution in [0.3, 0.4) is 0 Å². The number of aliphatic hydroxyl groups excluding tert-OH is 1. The maximum absolute atomic E-state index is 9.13. The van der Waals surface area contributed by atoms with E-state index in [1.54, 1.807) is 7.11 Å². The molecule has 2 heteroatoms. The van der Waals surface area contributed by atoms with Crippen molar-refractivity contribution in [1.82, 2.24) is 0 Å². The Balaban J connectivity index is 2.44. The Labute approximate surface area is 95.1 Å². The highest BCUT2D eigenvalue weighted by molar-refractivity contribution is 5.65. The van der Waals surface area contributed by atoms with Crippen LogP contribution in [0.5, 0.6) is 5.75 Å². The zero-order valence-electron chi connectivity index (χ0n) is 9.18. The molecule has 2 aromatic rings. The molecule has 0 fully saturated rings. The van der Waals surface area contributed by atoms with Crippen LogP contribution in [0.1, 0.15) is 5.56 Å². The summed E-state index contributed by atoms with van der Waals surface area (Å²) in [5, 5.41) is 9.13. The molecule has 0 radical (unpaired) electrons. The number of benzene rings is 2. The van der Waals surface area contributed by atoms with E-state index < -0.39 is 0 Å². The second kappa shape index (κ2) is 4.81. The van der Waals surface area contributed by atoms with Crippen molar-refractivity contribution in [3.63, 3.8) is 0 Å². The average molecular weight is 214 g/mol. The van der Waals surface area contributed by atoms with Gasteiger partial charge >= 0.3 is 0 Å². The van der Waals surface area contributed by atoms with Gasteiger partial charge in [0.15, 0.2) is 0 Å². The van der Waals surface area contributed by atoms with Crippen LogP contribution in [0.25, 0.3) is 11.1 Å². The summed E-state index contributed by atoms with van der Waals surface area (Å²) in [5.41, 5.74) is 3.04. The van der Waals surface area contributed by atoms with E-state index in [0.717, 1.165) is 22.4 Å². The fraction of sp³-hybridized carbons (Fsp3) is 0.143. The minimum absolute atomic E-state index is 0.00174. The first kappa shape index (κ1) is 10.7. The predicted octanol–water partition coefficient (Wildman–Crippen LogP) is 2.85. The summed E-state index contributed by atoms with van der Waals surface area (Å²) >= 11 is 0. The quantitative estimate of drug-likeness (QED) is 0.851. The monoisotopic (exact) mass is 214 g/mol. The zero-order valence-corrected chi connectivity index (χ0v) is 9.18. The number of aliphatic hydroxyl groups is 1. The molecule has 0 amide bonds. The molecular weight excluding hydrogens is 200 g/mol. The van der Waals surface area contributed by atoms with Gasteiger partial charge < -0.3 is 9.84 Å². The van der Waals surface area contributed by atoms with Crippen molar-refractivity contribution in [2.75, 3.05) is 7.11 Å². The van der Waals surface area contributed by atoms with Crippen molar-refractivity contribution < 1.29 is 9.84 Å². The van der Waals surface area contributed by atoms with Gasteiger partial charge in [-0.2, -0.15) is 0 Å². The molecule has 0 unspecified atom stereocenters. The van der Waals surface area contributed by atoms with Crippen LogP contribution in [0.4, 0.5) is 0 Å². The first-order chi connectivity index (χ1) is 7.85. The van der Waals surface area contributed by atoms with Crippen LogP contribution >= 0.6 is 0 Å². The van der Waals surface area contributed by atoms with Crippen molar-refractivity contribution in [1.29, 1.82) is 0 Å². The van der Waals surface area contributed by atoms with Gasteiger partial charge in [0.1, 0.15) is 5.75 Å². The fourth-order valence-electron chi connectivity index (χ4n) is 1.69. The molecule has 0 aliphatic rings. The van der Waals surface area contributed by atoms with E-state index in [9.17, 15) is 0 Å². The standard InChI is InChI=1S/C14H14O2/c1-16-14-9-12(7-8-13(14)10-15)11-5-3-2-4-6-11/h2-9,15H,10H2,1H3. The third-order valence-corrected chi connectivity index (χ3v) is 2.56. The van der Waals surface area contributed by atoms with Gasteiger partial charge in [0.25, 0.3) is 0 Å². The van der Waals surface area contributed by atoms with Crippen molar-refractivity contribution in [3.05, 3.63) is 54.1 Å². The minimum atomic E-state index is -0.00174. The highest BCUT2D eigenvalue weighted by Crippen LogP contribution is 2.26. The van der Waals surface area contributed by atoms with Gasteiger partial charge in [0, 0.05) is 5.56 Å². The molecule has 0 spiro atoms. The van der Waals surface area contributed by atoms with E-state index in [4.69, 9.17) is 9.84 Å². The summed E-state index contributed by atoms with van der Waals surface area (Å²) in [7, 11) is 1.61. The number of ether oxygens (including phenoxy) is 1. The Morgan fingerprint density at radius 1 is 1.00 bits per heavy atom. The van der Waals surface area contributed by atoms with Crippen molar-refractivity contribution >= 4 is 0 Å². The van der Waals surface area contributed by atoms with Gasteiger partial charge in [-0.1, -0.05) is 42.5 Å². The lowest BCUT2D eigenvalue weighted by Gasteiger charge is -2.08. The summed E-state index contributed by atoms with van der Waals surface area (Å²) in [6, 6.07) is 15.9. The topological polar surface area (TPSA) is 29.5 Å². The number of hydrogen-bond donors (Lipinski definition) is 1. The van der Waals surface area contributed by atoms with E-state index in [0.29, 0.717) is 0 Å². The molecule has 0 aliphatic carbocycles. The van der Waals surface area contributed by atoms with Crippen LogP contribution in [0.2, 0.25) is 0 Å². The lowest BCUT2D eigenvalue weighted by atomic mass is 10.0. The second-order valence-corrected chi connectivity index (χ2v) is 3.55. The molecule has 1 N–H and O–H groups in total. The third-order valence-electron chi connectivity index (χ3n) is 2.56. The molecule has 0 saturated carbocycles. The maximum atomic E-state index is 9.13. The van der Waals surface area contributed by atoms with Gasteiger partial charge in [-0.05, 0) is 17.2 Å². The SMILES string of the molecule is COc1cc(-c2ccccc2)ccc1CO. The van der Waals surface area contributed by atoms with E-state index in [2.05, 4.69) is 0 Å². The van der Waals surface area contributed by atoms with E-state index in [-0.39, 0.29) is 6.61 Å². The largest absolute Gasteiger partial charge is 0.496 e. The molecule has 2 aromatic carbocycles. The smallest absolute Gasteiger partial charge is 0.124 e. The summed E-state index contributed by atoms with van der Waals surface area (Å²) in [5.74, 6) is 0.726. The lowest BCUT2D eigenvalue weighted by Crippen LogP contribution is -1.92. The Bertz CT molecular complexity index is 463. The van der Waals surface area contributed by atoms with Crippen LogP contribution in [0, 0.1) is 0 Å². The summed E-state index contributed by atoms with van der Waals surface area (Å²) in [6.07, 6.45) is 0. The highest BCUT2D eigenvalue weighted by Gasteiger charge is 2.04. The molecule has 2 rings (SSSR count). The molecule has 0 bridgehead atoms. The fourth-order valence-corrected chi connectivity index (χ4v) is 1.69. The van der Waals surface area contributed by atoms with E-state index >= 15 is 0 Å². The maximum Gasteiger partial charge on any atom is 0.124 e. The van der Waals surface area contributed by atoms with Crippen LogP contribution in [-0.4, -0.2) is 12.2 Å². The van der Waals surface area contributed by atoms with Crippen LogP contribution in [-0.2, 0) is 6.61 Å². The number of rotatable bonds is 3. The summed E-state index contributed by atoms with van der Waals surface area (Å²) < 4.78 is 5.24. The van der Waals surface area contributed by atoms with Gasteiger partial charge in [0.05, 0.1) is 13.7 Å². The highest BCUT2D eigenvalue weighted by atomic mass is 16.5. The van der Waals surface area contributed by atoms with Crippen molar-refractivity contribution in [2.45, 2.75) is 6.61 Å². The van der Waals surface area contributed by atoms with Crippen LogP contribution in [0.15, 0.2) is 48.5 Å². The Kier molecular flexibility index (Phi) is 3.22. The van der Waals surface area contributed by atoms with Gasteiger partial charge in [-0.3, -0.25) is 0 Å². The van der Waals surface area contributed by atoms with Gasteiger partial charge in [0.2, 0.25) is 0 Å². The third kappa shape index (κ3) is 2.07. The molecular formula is C14H14O2. The van der Waals surface area contributed by atoms with Crippen molar-refractivity contribution in [2.24, 2.45) is 0 Å². The van der Waals surface area contributed by atoms with Crippen molar-refractivity contribution in [3.8, 4) is 16.9 Å². The van der Waals surface area contributed by atoms with Crippen LogP contribution < -0.4 is 4.74 Å². The Hall–Kier alpha value is -1.80. The lowest BCUT2D eigenvalue weighted by molar-refractivity contribution is 0.274. The number of hydrogen-bond acceptors (Lipinski definition) is 2. The van der Waals surface area contributed by atoms with E-state index in [1.165, 1.54) is 0 Å². The zero-order chi connectivity index (χ0) is 11.4. The summed E-state index contributed by atoms with van der Waals surface area (Å²) in [4.78, 5) is 0. The molecule has 0 saturated heterocycles. The number of methoxy groups -OCH3 is 1. The molecule has 0 aliphatic heterocycles. The molecule has 0 aromatic heterocycles. The average Bonchev–Trinajstić information content (AvgIpc) is 2.39. The minimum Gasteiger partial charge on any atom is -0.496 e. The predicted molar refractivity (Wildman–Crippen MR) is 64.4 cm³/mol. The first-order valence-corrected chi connectivity index (χ1v) is 5.18. The van der Waals surface area contributed by atoms with Gasteiger partial charge in [-0.25, -0.2) is 0 Å². The molecule has 0 atom stereocenters. The van der Waals surface area contributed by atoms with Gasteiger partial charge in [-0.15, -0.1) is 0 Å².